The highest BCUT2D eigenvalue weighted by Crippen LogP contribution is 2.42. The lowest BCUT2D eigenvalue weighted by Gasteiger charge is -2.26. The van der Waals surface area contributed by atoms with E-state index in [2.05, 4.69) is 228 Å². The summed E-state index contributed by atoms with van der Waals surface area (Å²) < 4.78 is 4.75. The van der Waals surface area contributed by atoms with Crippen molar-refractivity contribution in [3.05, 3.63) is 243 Å². The SMILES string of the molecule is c1ccc2sc(-c3ccc(N(c4ccc(-c5ccc(N(c6ccc(-c7nc8ccccc8s7)cc6)c6ccc(-c7nc8ccccc8s7)cc6)cc5)cc4)c4ccc(-c5nc6ccccc6s5)cc4)cc3)nc2c1. The van der Waals surface area contributed by atoms with E-state index in [4.69, 9.17) is 19.9 Å². The first kappa shape index (κ1) is 44.1. The number of hydrogen-bond acceptors (Lipinski definition) is 10. The molecule has 6 nitrogen and oxygen atoms in total. The average molecular weight is 1020 g/mol. The summed E-state index contributed by atoms with van der Waals surface area (Å²) in [5, 5.41) is 4.06. The Morgan fingerprint density at radius 2 is 0.392 bits per heavy atom. The van der Waals surface area contributed by atoms with E-state index in [1.807, 2.05) is 24.3 Å². The first-order valence-corrected chi connectivity index (χ1v) is 27.5. The van der Waals surface area contributed by atoms with Crippen LogP contribution in [0.15, 0.2) is 243 Å². The molecule has 14 aromatic rings. The van der Waals surface area contributed by atoms with E-state index in [0.29, 0.717) is 0 Å². The summed E-state index contributed by atoms with van der Waals surface area (Å²) in [6.07, 6.45) is 0. The maximum Gasteiger partial charge on any atom is 0.124 e. The van der Waals surface area contributed by atoms with Crippen molar-refractivity contribution in [3.8, 4) is 53.4 Å². The van der Waals surface area contributed by atoms with Crippen molar-refractivity contribution >= 4 is 120 Å². The van der Waals surface area contributed by atoms with Crippen LogP contribution in [0.1, 0.15) is 0 Å². The van der Waals surface area contributed by atoms with E-state index in [-0.39, 0.29) is 0 Å². The summed E-state index contributed by atoms with van der Waals surface area (Å²) >= 11 is 6.89. The second-order valence-corrected chi connectivity index (χ2v) is 22.0. The van der Waals surface area contributed by atoms with E-state index < -0.39 is 0 Å². The van der Waals surface area contributed by atoms with E-state index >= 15 is 0 Å². The van der Waals surface area contributed by atoms with Gasteiger partial charge in [0.2, 0.25) is 0 Å². The Balaban J connectivity index is 0.782. The summed E-state index contributed by atoms with van der Waals surface area (Å²) in [7, 11) is 0. The molecule has 10 heteroatoms. The third-order valence-electron chi connectivity index (χ3n) is 13.2. The van der Waals surface area contributed by atoms with Crippen LogP contribution in [0.3, 0.4) is 0 Å². The highest BCUT2D eigenvalue weighted by atomic mass is 32.1. The van der Waals surface area contributed by atoms with Crippen molar-refractivity contribution in [1.29, 1.82) is 0 Å². The number of anilines is 6. The molecule has 0 aliphatic rings. The third kappa shape index (κ3) is 8.39. The van der Waals surface area contributed by atoms with Crippen LogP contribution in [0.4, 0.5) is 34.1 Å². The zero-order chi connectivity index (χ0) is 49.0. The van der Waals surface area contributed by atoms with E-state index in [0.717, 1.165) is 110 Å². The number of hydrogen-bond donors (Lipinski definition) is 0. The summed E-state index contributed by atoms with van der Waals surface area (Å²) in [6.45, 7) is 0. The normalized spacial score (nSPS) is 11.5. The van der Waals surface area contributed by atoms with Crippen LogP contribution in [0.5, 0.6) is 0 Å². The number of benzene rings is 10. The fourth-order valence-electron chi connectivity index (χ4n) is 9.50. The van der Waals surface area contributed by atoms with E-state index in [9.17, 15) is 0 Å². The largest absolute Gasteiger partial charge is 0.311 e. The van der Waals surface area contributed by atoms with E-state index in [1.165, 1.54) is 18.8 Å². The molecule has 0 radical (unpaired) electrons. The number of nitrogens with zero attached hydrogens (tertiary/aromatic N) is 6. The van der Waals surface area contributed by atoms with E-state index in [1.54, 1.807) is 45.3 Å². The molecule has 0 amide bonds. The van der Waals surface area contributed by atoms with Gasteiger partial charge in [0.05, 0.1) is 40.9 Å². The second-order valence-electron chi connectivity index (χ2n) is 17.9. The van der Waals surface area contributed by atoms with Crippen molar-refractivity contribution in [3.63, 3.8) is 0 Å². The molecule has 0 unspecified atom stereocenters. The minimum absolute atomic E-state index is 1.01. The van der Waals surface area contributed by atoms with Gasteiger partial charge in [-0.3, -0.25) is 0 Å². The lowest BCUT2D eigenvalue weighted by atomic mass is 10.0. The minimum atomic E-state index is 1.01. The second kappa shape index (κ2) is 18.8. The molecule has 4 heterocycles. The zero-order valence-electron chi connectivity index (χ0n) is 39.4. The molecule has 0 spiro atoms. The fourth-order valence-corrected chi connectivity index (χ4v) is 13.4. The van der Waals surface area contributed by atoms with Gasteiger partial charge in [-0.2, -0.15) is 0 Å². The van der Waals surface area contributed by atoms with Gasteiger partial charge in [-0.05, 0) is 181 Å². The molecule has 0 N–H and O–H groups in total. The number of thiazole rings is 4. The Hall–Kier alpha value is -8.64. The summed E-state index contributed by atoms with van der Waals surface area (Å²) in [5.74, 6) is 0. The smallest absolute Gasteiger partial charge is 0.124 e. The summed E-state index contributed by atoms with van der Waals surface area (Å²) in [4.78, 5) is 24.4. The number of fused-ring (bicyclic) bond motifs is 4. The van der Waals surface area contributed by atoms with Crippen molar-refractivity contribution < 1.29 is 0 Å². The standard InChI is InChI=1S/C64H40N6S4/c1-5-13-57-53(9-1)65-61(71-57)43-21-33-49(34-22-43)69(50-35-23-44(24-36-50)62-66-54-10-2-6-14-58(54)72-62)47-29-17-41(18-30-47)42-19-31-48(32-20-42)70(51-37-25-45(26-38-51)63-67-55-11-3-7-15-59(55)73-63)52-39-27-46(28-40-52)64-68-56-12-4-8-16-60(56)74-64/h1-40H. The van der Waals surface area contributed by atoms with Gasteiger partial charge in [-0.1, -0.05) is 72.8 Å². The molecule has 10 aromatic carbocycles. The predicted octanol–water partition coefficient (Wildman–Crippen LogP) is 19.4. The molecule has 74 heavy (non-hydrogen) atoms. The summed E-state index contributed by atoms with van der Waals surface area (Å²) in [5.41, 5.74) is 17.1. The maximum atomic E-state index is 4.95. The maximum absolute atomic E-state index is 4.95. The van der Waals surface area contributed by atoms with Gasteiger partial charge in [-0.15, -0.1) is 45.3 Å². The topological polar surface area (TPSA) is 58.0 Å². The van der Waals surface area contributed by atoms with Crippen LogP contribution in [-0.2, 0) is 0 Å². The number of aromatic nitrogens is 4. The van der Waals surface area contributed by atoms with Crippen molar-refractivity contribution in [1.82, 2.24) is 19.9 Å². The molecular formula is C64H40N6S4. The minimum Gasteiger partial charge on any atom is -0.311 e. The van der Waals surface area contributed by atoms with Crippen LogP contribution >= 0.6 is 45.3 Å². The van der Waals surface area contributed by atoms with Crippen molar-refractivity contribution in [2.75, 3.05) is 9.80 Å². The van der Waals surface area contributed by atoms with Crippen molar-refractivity contribution in [2.24, 2.45) is 0 Å². The highest BCUT2D eigenvalue weighted by Gasteiger charge is 2.18. The predicted molar refractivity (Wildman–Crippen MR) is 316 cm³/mol. The summed E-state index contributed by atoms with van der Waals surface area (Å²) in [6, 6.07) is 86.1. The highest BCUT2D eigenvalue weighted by molar-refractivity contribution is 7.22. The van der Waals surface area contributed by atoms with Crippen LogP contribution in [-0.4, -0.2) is 19.9 Å². The molecule has 0 fully saturated rings. The van der Waals surface area contributed by atoms with Crippen LogP contribution in [0.25, 0.3) is 94.3 Å². The van der Waals surface area contributed by atoms with Gasteiger partial charge in [0.25, 0.3) is 0 Å². The Labute approximate surface area is 443 Å². The fraction of sp³-hybridized carbons (Fsp3) is 0. The first-order chi connectivity index (χ1) is 36.6. The van der Waals surface area contributed by atoms with Gasteiger partial charge < -0.3 is 9.80 Å². The monoisotopic (exact) mass is 1020 g/mol. The molecule has 0 aliphatic carbocycles. The lowest BCUT2D eigenvalue weighted by molar-refractivity contribution is 1.28. The Bertz CT molecular complexity index is 3640. The van der Waals surface area contributed by atoms with Crippen LogP contribution in [0.2, 0.25) is 0 Å². The molecule has 350 valence electrons. The third-order valence-corrected chi connectivity index (χ3v) is 17.6. The van der Waals surface area contributed by atoms with Gasteiger partial charge >= 0.3 is 0 Å². The molecule has 0 saturated heterocycles. The van der Waals surface area contributed by atoms with Gasteiger partial charge in [0, 0.05) is 56.4 Å². The molecule has 14 rings (SSSR count). The average Bonchev–Trinajstić information content (AvgIpc) is 4.30. The Morgan fingerprint density at radius 3 is 0.595 bits per heavy atom. The number of para-hydroxylation sites is 4. The molecular weight excluding hydrogens is 981 g/mol. The quantitative estimate of drug-likeness (QED) is 0.129. The Kier molecular flexibility index (Phi) is 11.2. The van der Waals surface area contributed by atoms with Gasteiger partial charge in [-0.25, -0.2) is 19.9 Å². The van der Waals surface area contributed by atoms with Crippen molar-refractivity contribution in [2.45, 2.75) is 0 Å². The molecule has 4 aromatic heterocycles. The van der Waals surface area contributed by atoms with Gasteiger partial charge in [0.15, 0.2) is 0 Å². The number of rotatable bonds is 11. The first-order valence-electron chi connectivity index (χ1n) is 24.3. The van der Waals surface area contributed by atoms with Crippen LogP contribution in [0, 0.1) is 0 Å². The zero-order valence-corrected chi connectivity index (χ0v) is 42.7. The molecule has 0 aliphatic heterocycles. The molecule has 0 bridgehead atoms. The van der Waals surface area contributed by atoms with Crippen LogP contribution < -0.4 is 9.80 Å². The Morgan fingerprint density at radius 1 is 0.203 bits per heavy atom. The lowest BCUT2D eigenvalue weighted by Crippen LogP contribution is -2.10. The molecule has 0 saturated carbocycles. The molecule has 0 atom stereocenters. The van der Waals surface area contributed by atoms with Gasteiger partial charge in [0.1, 0.15) is 20.0 Å².